The first-order valence-corrected chi connectivity index (χ1v) is 4.70. The molecule has 0 unspecified atom stereocenters. The second-order valence-electron chi connectivity index (χ2n) is 3.38. The van der Waals surface area contributed by atoms with E-state index >= 15 is 0 Å². The van der Waals surface area contributed by atoms with Gasteiger partial charge in [0.05, 0.1) is 0 Å². The van der Waals surface area contributed by atoms with Gasteiger partial charge in [0.15, 0.2) is 0 Å². The van der Waals surface area contributed by atoms with Gasteiger partial charge in [0.2, 0.25) is 0 Å². The first-order valence-electron chi connectivity index (χ1n) is 4.70. The first-order chi connectivity index (χ1) is 5.43. The van der Waals surface area contributed by atoms with Gasteiger partial charge in [0.1, 0.15) is 6.67 Å². The Kier molecular flexibility index (Phi) is 4.51. The van der Waals surface area contributed by atoms with Crippen LogP contribution in [0.1, 0.15) is 32.1 Å². The highest BCUT2D eigenvalue weighted by Crippen LogP contribution is 2.26. The molecule has 0 spiro atoms. The van der Waals surface area contributed by atoms with Crippen LogP contribution in [-0.4, -0.2) is 19.8 Å². The summed E-state index contributed by atoms with van der Waals surface area (Å²) in [5.41, 5.74) is 0. The van der Waals surface area contributed by atoms with Gasteiger partial charge in [-0.2, -0.15) is 0 Å². The van der Waals surface area contributed by atoms with Gasteiger partial charge >= 0.3 is 0 Å². The molecule has 0 aromatic heterocycles. The minimum atomic E-state index is -0.231. The van der Waals surface area contributed by atoms with E-state index in [2.05, 4.69) is 5.32 Å². The maximum Gasteiger partial charge on any atom is 0.102 e. The third kappa shape index (κ3) is 3.71. The number of hydrogen-bond donors (Lipinski definition) is 1. The first kappa shape index (κ1) is 8.98. The SMILES string of the molecule is FCCNCCC1CCCC1. The van der Waals surface area contributed by atoms with E-state index in [1.165, 1.54) is 32.1 Å². The van der Waals surface area contributed by atoms with Gasteiger partial charge in [-0.05, 0) is 18.9 Å². The van der Waals surface area contributed by atoms with Crippen molar-refractivity contribution >= 4 is 0 Å². The molecule has 11 heavy (non-hydrogen) atoms. The molecule has 2 heteroatoms. The number of hydrogen-bond acceptors (Lipinski definition) is 1. The minimum absolute atomic E-state index is 0.231. The fourth-order valence-corrected chi connectivity index (χ4v) is 1.80. The van der Waals surface area contributed by atoms with Crippen molar-refractivity contribution in [3.8, 4) is 0 Å². The molecule has 1 aliphatic carbocycles. The standard InChI is InChI=1S/C9H18FN/c10-6-8-11-7-5-9-3-1-2-4-9/h9,11H,1-8H2. The van der Waals surface area contributed by atoms with Crippen LogP contribution >= 0.6 is 0 Å². The smallest absolute Gasteiger partial charge is 0.102 e. The summed E-state index contributed by atoms with van der Waals surface area (Å²) in [4.78, 5) is 0. The van der Waals surface area contributed by atoms with Crippen molar-refractivity contribution < 1.29 is 4.39 Å². The van der Waals surface area contributed by atoms with E-state index in [0.29, 0.717) is 6.54 Å². The zero-order chi connectivity index (χ0) is 7.94. The van der Waals surface area contributed by atoms with E-state index in [-0.39, 0.29) is 6.67 Å². The van der Waals surface area contributed by atoms with Crippen molar-refractivity contribution in [3.63, 3.8) is 0 Å². The van der Waals surface area contributed by atoms with Crippen molar-refractivity contribution in [1.29, 1.82) is 0 Å². The molecule has 1 rings (SSSR count). The Morgan fingerprint density at radius 3 is 2.55 bits per heavy atom. The third-order valence-corrected chi connectivity index (χ3v) is 2.48. The van der Waals surface area contributed by atoms with Crippen LogP contribution in [0.4, 0.5) is 4.39 Å². The number of rotatable bonds is 5. The average Bonchev–Trinajstić information content (AvgIpc) is 2.50. The molecule has 0 bridgehead atoms. The molecule has 1 N–H and O–H groups in total. The van der Waals surface area contributed by atoms with E-state index in [0.717, 1.165) is 12.5 Å². The molecule has 1 saturated carbocycles. The molecule has 0 aromatic rings. The summed E-state index contributed by atoms with van der Waals surface area (Å²) < 4.78 is 11.6. The van der Waals surface area contributed by atoms with Crippen LogP contribution in [0.2, 0.25) is 0 Å². The molecule has 1 nitrogen and oxygen atoms in total. The molecular formula is C9H18FN. The average molecular weight is 159 g/mol. The van der Waals surface area contributed by atoms with Gasteiger partial charge in [-0.1, -0.05) is 25.7 Å². The lowest BCUT2D eigenvalue weighted by Crippen LogP contribution is -2.19. The summed E-state index contributed by atoms with van der Waals surface area (Å²) in [5, 5.41) is 3.09. The summed E-state index contributed by atoms with van der Waals surface area (Å²) >= 11 is 0. The van der Waals surface area contributed by atoms with E-state index in [1.54, 1.807) is 0 Å². The zero-order valence-electron chi connectivity index (χ0n) is 7.11. The van der Waals surface area contributed by atoms with Crippen molar-refractivity contribution in [3.05, 3.63) is 0 Å². The lowest BCUT2D eigenvalue weighted by Gasteiger charge is -2.07. The largest absolute Gasteiger partial charge is 0.314 e. The van der Waals surface area contributed by atoms with Gasteiger partial charge in [0, 0.05) is 6.54 Å². The van der Waals surface area contributed by atoms with Gasteiger partial charge in [-0.25, -0.2) is 4.39 Å². The fourth-order valence-electron chi connectivity index (χ4n) is 1.80. The molecule has 0 saturated heterocycles. The summed E-state index contributed by atoms with van der Waals surface area (Å²) in [6.07, 6.45) is 6.87. The summed E-state index contributed by atoms with van der Waals surface area (Å²) in [7, 11) is 0. The maximum atomic E-state index is 11.6. The second-order valence-corrected chi connectivity index (χ2v) is 3.38. The molecule has 0 aliphatic heterocycles. The number of halogens is 1. The van der Waals surface area contributed by atoms with Crippen molar-refractivity contribution in [2.24, 2.45) is 5.92 Å². The van der Waals surface area contributed by atoms with Gasteiger partial charge in [-0.15, -0.1) is 0 Å². The van der Waals surface area contributed by atoms with Gasteiger partial charge in [-0.3, -0.25) is 0 Å². The van der Waals surface area contributed by atoms with Crippen LogP contribution in [0.5, 0.6) is 0 Å². The molecule has 0 atom stereocenters. The highest BCUT2D eigenvalue weighted by Gasteiger charge is 2.13. The van der Waals surface area contributed by atoms with Crippen molar-refractivity contribution in [1.82, 2.24) is 5.32 Å². The lowest BCUT2D eigenvalue weighted by atomic mass is 10.0. The van der Waals surface area contributed by atoms with Crippen LogP contribution in [0.25, 0.3) is 0 Å². The van der Waals surface area contributed by atoms with Crippen LogP contribution < -0.4 is 5.32 Å². The monoisotopic (exact) mass is 159 g/mol. The van der Waals surface area contributed by atoms with E-state index in [4.69, 9.17) is 0 Å². The van der Waals surface area contributed by atoms with Crippen LogP contribution in [0.3, 0.4) is 0 Å². The number of nitrogens with one attached hydrogen (secondary N) is 1. The molecule has 1 aliphatic rings. The zero-order valence-corrected chi connectivity index (χ0v) is 7.11. The normalized spacial score (nSPS) is 19.4. The molecule has 0 radical (unpaired) electrons. The van der Waals surface area contributed by atoms with Crippen LogP contribution in [0, 0.1) is 5.92 Å². The highest BCUT2D eigenvalue weighted by atomic mass is 19.1. The molecular weight excluding hydrogens is 141 g/mol. The topological polar surface area (TPSA) is 12.0 Å². The molecule has 0 heterocycles. The van der Waals surface area contributed by atoms with E-state index in [1.807, 2.05) is 0 Å². The molecule has 66 valence electrons. The Balaban J connectivity index is 1.86. The third-order valence-electron chi connectivity index (χ3n) is 2.48. The lowest BCUT2D eigenvalue weighted by molar-refractivity contribution is 0.436. The van der Waals surface area contributed by atoms with E-state index in [9.17, 15) is 4.39 Å². The summed E-state index contributed by atoms with van der Waals surface area (Å²) in [6, 6.07) is 0. The minimum Gasteiger partial charge on any atom is -0.314 e. The van der Waals surface area contributed by atoms with E-state index < -0.39 is 0 Å². The Morgan fingerprint density at radius 1 is 1.18 bits per heavy atom. The van der Waals surface area contributed by atoms with Crippen LogP contribution in [-0.2, 0) is 0 Å². The quantitative estimate of drug-likeness (QED) is 0.606. The van der Waals surface area contributed by atoms with Crippen molar-refractivity contribution in [2.45, 2.75) is 32.1 Å². The summed E-state index contributed by atoms with van der Waals surface area (Å²) in [5.74, 6) is 0.933. The Bertz CT molecular complexity index is 89.6. The van der Waals surface area contributed by atoms with Crippen LogP contribution in [0.15, 0.2) is 0 Å². The van der Waals surface area contributed by atoms with Gasteiger partial charge < -0.3 is 5.32 Å². The van der Waals surface area contributed by atoms with Gasteiger partial charge in [0.25, 0.3) is 0 Å². The number of alkyl halides is 1. The molecule has 0 aromatic carbocycles. The predicted octanol–water partition coefficient (Wildman–Crippen LogP) is 2.13. The predicted molar refractivity (Wildman–Crippen MR) is 45.4 cm³/mol. The highest BCUT2D eigenvalue weighted by molar-refractivity contribution is 4.67. The maximum absolute atomic E-state index is 11.6. The molecule has 0 amide bonds. The Labute approximate surface area is 68.4 Å². The Morgan fingerprint density at radius 2 is 1.91 bits per heavy atom. The second kappa shape index (κ2) is 5.53. The Hall–Kier alpha value is -0.110. The molecule has 1 fully saturated rings. The van der Waals surface area contributed by atoms with Crippen molar-refractivity contribution in [2.75, 3.05) is 19.8 Å². The fraction of sp³-hybridized carbons (Fsp3) is 1.00. The summed E-state index contributed by atoms with van der Waals surface area (Å²) in [6.45, 7) is 1.31.